The molecule has 104 valence electrons. The van der Waals surface area contributed by atoms with Crippen LogP contribution in [0.25, 0.3) is 0 Å². The van der Waals surface area contributed by atoms with E-state index in [0.717, 1.165) is 6.42 Å². The number of carbonyl (C=O) groups is 1. The molecule has 1 aliphatic carbocycles. The van der Waals surface area contributed by atoms with Gasteiger partial charge in [0.25, 0.3) is 10.2 Å². The fourth-order valence-electron chi connectivity index (χ4n) is 3.09. The molecule has 3 unspecified atom stereocenters. The fourth-order valence-corrected chi connectivity index (χ4v) is 3.87. The molecule has 1 heterocycles. The zero-order valence-corrected chi connectivity index (χ0v) is 11.6. The Morgan fingerprint density at radius 3 is 2.72 bits per heavy atom. The van der Waals surface area contributed by atoms with Gasteiger partial charge in [0, 0.05) is 13.1 Å². The zero-order valence-electron chi connectivity index (χ0n) is 10.8. The molecule has 2 fully saturated rings. The van der Waals surface area contributed by atoms with Crippen molar-refractivity contribution in [2.45, 2.75) is 26.7 Å². The van der Waals surface area contributed by atoms with Crippen molar-refractivity contribution in [2.75, 3.05) is 19.7 Å². The van der Waals surface area contributed by atoms with Gasteiger partial charge in [-0.05, 0) is 31.1 Å². The average molecular weight is 276 g/mol. The van der Waals surface area contributed by atoms with E-state index in [2.05, 4.69) is 0 Å². The molecule has 7 heteroatoms. The first-order valence-corrected chi connectivity index (χ1v) is 7.76. The SMILES string of the molecule is CCOC(=O)C1CC12CCN(S(N)(=O)=O)CC2C. The van der Waals surface area contributed by atoms with Crippen LogP contribution in [0.5, 0.6) is 0 Å². The minimum Gasteiger partial charge on any atom is -0.466 e. The Kier molecular flexibility index (Phi) is 3.42. The highest BCUT2D eigenvalue weighted by molar-refractivity contribution is 7.86. The Balaban J connectivity index is 2.02. The summed E-state index contributed by atoms with van der Waals surface area (Å²) in [5, 5.41) is 5.13. The summed E-state index contributed by atoms with van der Waals surface area (Å²) in [6.45, 7) is 4.97. The van der Waals surface area contributed by atoms with Gasteiger partial charge in [0.2, 0.25) is 0 Å². The van der Waals surface area contributed by atoms with Crippen LogP contribution in [0.3, 0.4) is 0 Å². The molecule has 1 saturated carbocycles. The first-order valence-electron chi connectivity index (χ1n) is 6.26. The van der Waals surface area contributed by atoms with Gasteiger partial charge in [-0.15, -0.1) is 0 Å². The van der Waals surface area contributed by atoms with Crippen LogP contribution in [0.1, 0.15) is 26.7 Å². The molecule has 2 rings (SSSR count). The smallest absolute Gasteiger partial charge is 0.309 e. The maximum Gasteiger partial charge on any atom is 0.309 e. The Hall–Kier alpha value is -0.660. The van der Waals surface area contributed by atoms with E-state index in [1.807, 2.05) is 6.92 Å². The molecule has 6 nitrogen and oxygen atoms in total. The highest BCUT2D eigenvalue weighted by atomic mass is 32.2. The third-order valence-corrected chi connectivity index (χ3v) is 5.39. The van der Waals surface area contributed by atoms with Crippen LogP contribution in [0.2, 0.25) is 0 Å². The molecule has 2 aliphatic rings. The second kappa shape index (κ2) is 4.47. The van der Waals surface area contributed by atoms with E-state index in [1.165, 1.54) is 4.31 Å². The van der Waals surface area contributed by atoms with Crippen LogP contribution in [-0.2, 0) is 19.7 Å². The topological polar surface area (TPSA) is 89.7 Å². The van der Waals surface area contributed by atoms with Crippen molar-refractivity contribution in [1.82, 2.24) is 4.31 Å². The van der Waals surface area contributed by atoms with E-state index in [1.54, 1.807) is 6.92 Å². The summed E-state index contributed by atoms with van der Waals surface area (Å²) >= 11 is 0. The van der Waals surface area contributed by atoms with Gasteiger partial charge in [-0.25, -0.2) is 5.14 Å². The molecule has 18 heavy (non-hydrogen) atoms. The first-order chi connectivity index (χ1) is 8.31. The largest absolute Gasteiger partial charge is 0.466 e. The lowest BCUT2D eigenvalue weighted by Crippen LogP contribution is -2.47. The van der Waals surface area contributed by atoms with Crippen molar-refractivity contribution in [2.24, 2.45) is 22.4 Å². The summed E-state index contributed by atoms with van der Waals surface area (Å²) in [7, 11) is -3.61. The van der Waals surface area contributed by atoms with E-state index < -0.39 is 10.2 Å². The van der Waals surface area contributed by atoms with E-state index >= 15 is 0 Å². The number of piperidine rings is 1. The van der Waals surface area contributed by atoms with Crippen molar-refractivity contribution in [3.63, 3.8) is 0 Å². The lowest BCUT2D eigenvalue weighted by Gasteiger charge is -2.36. The maximum atomic E-state index is 11.7. The molecule has 0 amide bonds. The van der Waals surface area contributed by atoms with E-state index in [4.69, 9.17) is 9.88 Å². The number of hydrogen-bond donors (Lipinski definition) is 1. The van der Waals surface area contributed by atoms with Crippen LogP contribution in [0.4, 0.5) is 0 Å². The van der Waals surface area contributed by atoms with Gasteiger partial charge in [-0.3, -0.25) is 4.79 Å². The average Bonchev–Trinajstić information content (AvgIpc) is 2.97. The molecule has 0 bridgehead atoms. The van der Waals surface area contributed by atoms with Crippen LogP contribution in [0.15, 0.2) is 0 Å². The molecule has 0 aromatic carbocycles. The third-order valence-electron chi connectivity index (χ3n) is 4.33. The molecular weight excluding hydrogens is 256 g/mol. The Bertz CT molecular complexity index is 450. The normalized spacial score (nSPS) is 36.6. The fraction of sp³-hybridized carbons (Fsp3) is 0.909. The van der Waals surface area contributed by atoms with Crippen LogP contribution >= 0.6 is 0 Å². The van der Waals surface area contributed by atoms with Crippen molar-refractivity contribution >= 4 is 16.2 Å². The summed E-state index contributed by atoms with van der Waals surface area (Å²) in [5.74, 6) is -0.0672. The molecule has 1 spiro atoms. The summed E-state index contributed by atoms with van der Waals surface area (Å²) in [4.78, 5) is 11.7. The van der Waals surface area contributed by atoms with Crippen molar-refractivity contribution in [1.29, 1.82) is 0 Å². The minimum atomic E-state index is -3.61. The van der Waals surface area contributed by atoms with Crippen molar-refractivity contribution in [3.05, 3.63) is 0 Å². The van der Waals surface area contributed by atoms with Gasteiger partial charge >= 0.3 is 5.97 Å². The number of rotatable bonds is 3. The van der Waals surface area contributed by atoms with Gasteiger partial charge in [0.05, 0.1) is 12.5 Å². The molecule has 0 aromatic rings. The second-order valence-corrected chi connectivity index (χ2v) is 6.84. The van der Waals surface area contributed by atoms with Crippen LogP contribution in [0, 0.1) is 17.3 Å². The molecule has 3 atom stereocenters. The Morgan fingerprint density at radius 1 is 1.56 bits per heavy atom. The number of esters is 1. The van der Waals surface area contributed by atoms with Crippen LogP contribution in [-0.4, -0.2) is 38.4 Å². The van der Waals surface area contributed by atoms with Gasteiger partial charge in [0.1, 0.15) is 0 Å². The van der Waals surface area contributed by atoms with E-state index in [0.29, 0.717) is 26.1 Å². The zero-order chi connectivity index (χ0) is 13.6. The van der Waals surface area contributed by atoms with Crippen molar-refractivity contribution in [3.8, 4) is 0 Å². The number of hydrogen-bond acceptors (Lipinski definition) is 4. The maximum absolute atomic E-state index is 11.7. The summed E-state index contributed by atoms with van der Waals surface area (Å²) < 4.78 is 28.9. The summed E-state index contributed by atoms with van der Waals surface area (Å²) in [6, 6.07) is 0. The monoisotopic (exact) mass is 276 g/mol. The van der Waals surface area contributed by atoms with Crippen LogP contribution < -0.4 is 5.14 Å². The highest BCUT2D eigenvalue weighted by Gasteiger charge is 2.63. The minimum absolute atomic E-state index is 0.0601. The predicted molar refractivity (Wildman–Crippen MR) is 65.6 cm³/mol. The summed E-state index contributed by atoms with van der Waals surface area (Å²) in [5.41, 5.74) is -0.0621. The Labute approximate surface area is 108 Å². The molecular formula is C11H20N2O4S. The third kappa shape index (κ3) is 2.26. The quantitative estimate of drug-likeness (QED) is 0.740. The Morgan fingerprint density at radius 2 is 2.22 bits per heavy atom. The number of ether oxygens (including phenoxy) is 1. The van der Waals surface area contributed by atoms with Gasteiger partial charge < -0.3 is 4.74 Å². The number of nitrogens with two attached hydrogens (primary N) is 1. The highest BCUT2D eigenvalue weighted by Crippen LogP contribution is 2.62. The number of carbonyl (C=O) groups excluding carboxylic acids is 1. The predicted octanol–water partition coefficient (Wildman–Crippen LogP) is 0.101. The van der Waals surface area contributed by atoms with E-state index in [-0.39, 0.29) is 23.2 Å². The molecule has 0 radical (unpaired) electrons. The second-order valence-electron chi connectivity index (χ2n) is 5.30. The van der Waals surface area contributed by atoms with Crippen molar-refractivity contribution < 1.29 is 17.9 Å². The lowest BCUT2D eigenvalue weighted by atomic mass is 9.82. The lowest BCUT2D eigenvalue weighted by molar-refractivity contribution is -0.146. The molecule has 1 aliphatic heterocycles. The standard InChI is InChI=1S/C11H20N2O4S/c1-3-17-10(14)9-6-11(9)4-5-13(7-8(11)2)18(12,15)16/h8-9H,3-7H2,1-2H3,(H2,12,15,16). The number of nitrogens with zero attached hydrogens (tertiary/aromatic N) is 1. The first kappa shape index (κ1) is 13.8. The van der Waals surface area contributed by atoms with Gasteiger partial charge in [-0.1, -0.05) is 6.92 Å². The van der Waals surface area contributed by atoms with Gasteiger partial charge in [0.15, 0.2) is 0 Å². The molecule has 1 saturated heterocycles. The molecule has 2 N–H and O–H groups in total. The summed E-state index contributed by atoms with van der Waals surface area (Å²) in [6.07, 6.45) is 1.50. The van der Waals surface area contributed by atoms with E-state index in [9.17, 15) is 13.2 Å². The van der Waals surface area contributed by atoms with Gasteiger partial charge in [-0.2, -0.15) is 12.7 Å². The molecule has 0 aromatic heterocycles.